The van der Waals surface area contributed by atoms with Crippen LogP contribution in [0.15, 0.2) is 21.9 Å². The number of carbonyl (C=O) groups is 2. The second kappa shape index (κ2) is 7.41. The van der Waals surface area contributed by atoms with E-state index in [1.807, 2.05) is 18.4 Å². The van der Waals surface area contributed by atoms with E-state index in [4.69, 9.17) is 0 Å². The summed E-state index contributed by atoms with van der Waals surface area (Å²) in [6.45, 7) is 2.65. The molecule has 122 valence electrons. The SMILES string of the molecule is CCSc1nnc(NC(=O)[C@H]2CCCN2C(=O)c2cccs2)s1. The molecule has 3 heterocycles. The van der Waals surface area contributed by atoms with Gasteiger partial charge in [-0.1, -0.05) is 36.1 Å². The van der Waals surface area contributed by atoms with Crippen molar-refractivity contribution < 1.29 is 9.59 Å². The molecule has 1 N–H and O–H groups in total. The van der Waals surface area contributed by atoms with Gasteiger partial charge in [-0.25, -0.2) is 0 Å². The summed E-state index contributed by atoms with van der Waals surface area (Å²) in [5, 5.41) is 13.1. The first-order valence-corrected chi connectivity index (χ1v) is 9.99. The number of nitrogens with zero attached hydrogens (tertiary/aromatic N) is 3. The Morgan fingerprint density at radius 1 is 1.48 bits per heavy atom. The van der Waals surface area contributed by atoms with Crippen LogP contribution in [0.25, 0.3) is 0 Å². The number of hydrogen-bond donors (Lipinski definition) is 1. The zero-order valence-corrected chi connectivity index (χ0v) is 15.0. The highest BCUT2D eigenvalue weighted by atomic mass is 32.2. The molecule has 1 aliphatic heterocycles. The molecule has 0 aromatic carbocycles. The molecule has 0 aliphatic carbocycles. The van der Waals surface area contributed by atoms with Crippen LogP contribution in [0.3, 0.4) is 0 Å². The van der Waals surface area contributed by atoms with E-state index in [2.05, 4.69) is 15.5 Å². The summed E-state index contributed by atoms with van der Waals surface area (Å²) in [7, 11) is 0. The van der Waals surface area contributed by atoms with Gasteiger partial charge in [-0.05, 0) is 30.0 Å². The summed E-state index contributed by atoms with van der Waals surface area (Å²) in [6.07, 6.45) is 1.51. The second-order valence-electron chi connectivity index (χ2n) is 4.93. The predicted octanol–water partition coefficient (Wildman–Crippen LogP) is 2.95. The molecule has 0 saturated carbocycles. The minimum absolute atomic E-state index is 0.0721. The molecule has 1 atom stereocenters. The van der Waals surface area contributed by atoms with Gasteiger partial charge in [0.15, 0.2) is 4.34 Å². The van der Waals surface area contributed by atoms with Crippen LogP contribution in [0.1, 0.15) is 29.4 Å². The lowest BCUT2D eigenvalue weighted by Crippen LogP contribution is -2.42. The highest BCUT2D eigenvalue weighted by Gasteiger charge is 2.35. The summed E-state index contributed by atoms with van der Waals surface area (Å²) in [6, 6.07) is 3.20. The molecule has 2 aromatic rings. The van der Waals surface area contributed by atoms with E-state index in [0.29, 0.717) is 23.0 Å². The van der Waals surface area contributed by atoms with Crippen molar-refractivity contribution in [1.82, 2.24) is 15.1 Å². The van der Waals surface area contributed by atoms with E-state index < -0.39 is 6.04 Å². The van der Waals surface area contributed by atoms with Gasteiger partial charge in [-0.3, -0.25) is 14.9 Å². The molecule has 1 aliphatic rings. The Bertz CT molecular complexity index is 686. The quantitative estimate of drug-likeness (QED) is 0.649. The van der Waals surface area contributed by atoms with Gasteiger partial charge in [0.25, 0.3) is 5.91 Å². The van der Waals surface area contributed by atoms with Crippen molar-refractivity contribution in [2.24, 2.45) is 0 Å². The van der Waals surface area contributed by atoms with Crippen LogP contribution in [0.2, 0.25) is 0 Å². The first-order chi connectivity index (χ1) is 11.2. The number of carbonyl (C=O) groups excluding carboxylic acids is 2. The molecule has 2 aromatic heterocycles. The fourth-order valence-electron chi connectivity index (χ4n) is 2.45. The molecule has 9 heteroatoms. The Hall–Kier alpha value is -1.45. The van der Waals surface area contributed by atoms with Crippen LogP contribution in [0.4, 0.5) is 5.13 Å². The Balaban J connectivity index is 1.66. The number of aromatic nitrogens is 2. The fourth-order valence-corrected chi connectivity index (χ4v) is 4.79. The van der Waals surface area contributed by atoms with E-state index in [9.17, 15) is 9.59 Å². The molecule has 0 bridgehead atoms. The summed E-state index contributed by atoms with van der Waals surface area (Å²) >= 11 is 4.35. The van der Waals surface area contributed by atoms with Crippen molar-refractivity contribution in [3.63, 3.8) is 0 Å². The highest BCUT2D eigenvalue weighted by molar-refractivity contribution is 8.01. The maximum Gasteiger partial charge on any atom is 0.264 e. The van der Waals surface area contributed by atoms with Crippen molar-refractivity contribution in [2.75, 3.05) is 17.6 Å². The summed E-state index contributed by atoms with van der Waals surface area (Å²) in [5.41, 5.74) is 0. The second-order valence-corrected chi connectivity index (χ2v) is 8.37. The summed E-state index contributed by atoms with van der Waals surface area (Å²) in [5.74, 6) is 0.655. The first kappa shape index (κ1) is 16.4. The average Bonchev–Trinajstić information content (AvgIpc) is 3.28. The fraction of sp³-hybridized carbons (Fsp3) is 0.429. The van der Waals surface area contributed by atoms with Gasteiger partial charge < -0.3 is 4.90 Å². The van der Waals surface area contributed by atoms with E-state index >= 15 is 0 Å². The maximum atomic E-state index is 12.5. The molecule has 0 spiro atoms. The first-order valence-electron chi connectivity index (χ1n) is 7.30. The molecule has 1 saturated heterocycles. The van der Waals surface area contributed by atoms with Crippen molar-refractivity contribution in [3.8, 4) is 0 Å². The van der Waals surface area contributed by atoms with Crippen LogP contribution in [-0.2, 0) is 4.79 Å². The molecule has 6 nitrogen and oxygen atoms in total. The Morgan fingerprint density at radius 2 is 2.35 bits per heavy atom. The van der Waals surface area contributed by atoms with E-state index in [1.165, 1.54) is 22.7 Å². The smallest absolute Gasteiger partial charge is 0.264 e. The Labute approximate surface area is 146 Å². The molecule has 23 heavy (non-hydrogen) atoms. The number of rotatable bonds is 5. The van der Waals surface area contributed by atoms with E-state index in [-0.39, 0.29) is 11.8 Å². The number of hydrogen-bond acceptors (Lipinski definition) is 7. The van der Waals surface area contributed by atoms with Gasteiger partial charge in [-0.2, -0.15) is 0 Å². The third kappa shape index (κ3) is 3.73. The predicted molar refractivity (Wildman–Crippen MR) is 93.3 cm³/mol. The van der Waals surface area contributed by atoms with E-state index in [0.717, 1.165) is 16.5 Å². The average molecular weight is 369 g/mol. The minimum Gasteiger partial charge on any atom is -0.326 e. The number of anilines is 1. The van der Waals surface area contributed by atoms with Gasteiger partial charge in [0.05, 0.1) is 4.88 Å². The lowest BCUT2D eigenvalue weighted by Gasteiger charge is -2.22. The summed E-state index contributed by atoms with van der Waals surface area (Å²) < 4.78 is 0.834. The lowest BCUT2D eigenvalue weighted by molar-refractivity contribution is -0.119. The monoisotopic (exact) mass is 368 g/mol. The van der Waals surface area contributed by atoms with Gasteiger partial charge in [0, 0.05) is 6.54 Å². The summed E-state index contributed by atoms with van der Waals surface area (Å²) in [4.78, 5) is 27.3. The minimum atomic E-state index is -0.434. The third-order valence-corrected chi connectivity index (χ3v) is 6.16. The number of likely N-dealkylation sites (tertiary alicyclic amines) is 1. The number of amides is 2. The van der Waals surface area contributed by atoms with Crippen LogP contribution in [0, 0.1) is 0 Å². The van der Waals surface area contributed by atoms with E-state index in [1.54, 1.807) is 22.7 Å². The third-order valence-electron chi connectivity index (χ3n) is 3.45. The normalized spacial score (nSPS) is 17.4. The van der Waals surface area contributed by atoms with Crippen molar-refractivity contribution in [1.29, 1.82) is 0 Å². The lowest BCUT2D eigenvalue weighted by atomic mass is 10.2. The van der Waals surface area contributed by atoms with Crippen molar-refractivity contribution >= 4 is 51.4 Å². The van der Waals surface area contributed by atoms with Crippen LogP contribution < -0.4 is 5.32 Å². The molecular weight excluding hydrogens is 352 g/mol. The molecule has 0 radical (unpaired) electrons. The van der Waals surface area contributed by atoms with Gasteiger partial charge in [0.1, 0.15) is 6.04 Å². The molecule has 1 fully saturated rings. The molecular formula is C14H16N4O2S3. The zero-order valence-electron chi connectivity index (χ0n) is 12.5. The number of thioether (sulfide) groups is 1. The van der Waals surface area contributed by atoms with Crippen LogP contribution in [0.5, 0.6) is 0 Å². The topological polar surface area (TPSA) is 75.2 Å². The molecule has 3 rings (SSSR count). The largest absolute Gasteiger partial charge is 0.326 e. The maximum absolute atomic E-state index is 12.5. The van der Waals surface area contributed by atoms with Gasteiger partial charge in [-0.15, -0.1) is 21.5 Å². The van der Waals surface area contributed by atoms with Crippen molar-refractivity contribution in [2.45, 2.75) is 30.1 Å². The Kier molecular flexibility index (Phi) is 5.29. The van der Waals surface area contributed by atoms with Crippen LogP contribution in [-0.4, -0.2) is 45.3 Å². The standard InChI is InChI=1S/C14H16N4O2S3/c1-2-21-14-17-16-13(23-14)15-11(19)9-5-3-7-18(9)12(20)10-6-4-8-22-10/h4,6,8-9H,2-3,5,7H2,1H3,(H,15,16,19)/t9-/m1/s1. The molecule has 0 unspecified atom stereocenters. The van der Waals surface area contributed by atoms with Crippen LogP contribution >= 0.6 is 34.4 Å². The number of thiophene rings is 1. The zero-order chi connectivity index (χ0) is 16.2. The van der Waals surface area contributed by atoms with Crippen molar-refractivity contribution in [3.05, 3.63) is 22.4 Å². The molecule has 2 amide bonds. The number of nitrogens with one attached hydrogen (secondary N) is 1. The Morgan fingerprint density at radius 3 is 3.09 bits per heavy atom. The van der Waals surface area contributed by atoms with Gasteiger partial charge in [0.2, 0.25) is 11.0 Å². The van der Waals surface area contributed by atoms with Gasteiger partial charge >= 0.3 is 0 Å². The highest BCUT2D eigenvalue weighted by Crippen LogP contribution is 2.27.